The van der Waals surface area contributed by atoms with Crippen molar-refractivity contribution in [2.45, 2.75) is 45.4 Å². The van der Waals surface area contributed by atoms with Crippen molar-refractivity contribution in [3.8, 4) is 5.75 Å². The van der Waals surface area contributed by atoms with E-state index in [1.807, 2.05) is 13.8 Å². The summed E-state index contributed by atoms with van der Waals surface area (Å²) >= 11 is 0. The number of hydrogen-bond donors (Lipinski definition) is 1. The van der Waals surface area contributed by atoms with Crippen LogP contribution in [0.3, 0.4) is 0 Å². The second-order valence-electron chi connectivity index (χ2n) is 4.87. The van der Waals surface area contributed by atoms with E-state index in [0.29, 0.717) is 12.6 Å². The molecule has 5 heteroatoms. The van der Waals surface area contributed by atoms with Crippen molar-refractivity contribution in [1.29, 1.82) is 0 Å². The van der Waals surface area contributed by atoms with Gasteiger partial charge in [0.1, 0.15) is 5.75 Å². The molecule has 0 spiro atoms. The first-order valence-corrected chi connectivity index (χ1v) is 6.23. The molecule has 1 saturated carbocycles. The van der Waals surface area contributed by atoms with Gasteiger partial charge in [-0.25, -0.2) is 0 Å². The van der Waals surface area contributed by atoms with E-state index in [9.17, 15) is 10.1 Å². The Morgan fingerprint density at radius 2 is 2.22 bits per heavy atom. The lowest BCUT2D eigenvalue weighted by atomic mass is 10.1. The van der Waals surface area contributed by atoms with Crippen LogP contribution in [0.15, 0.2) is 18.2 Å². The molecule has 1 aromatic carbocycles. The molecule has 0 aromatic heterocycles. The molecule has 0 aliphatic heterocycles. The van der Waals surface area contributed by atoms with Crippen LogP contribution in [0.5, 0.6) is 5.75 Å². The molecule has 0 amide bonds. The van der Waals surface area contributed by atoms with Crippen LogP contribution in [0, 0.1) is 10.1 Å². The molecule has 1 N–H and O–H groups in total. The lowest BCUT2D eigenvalue weighted by molar-refractivity contribution is -0.384. The third-order valence-corrected chi connectivity index (χ3v) is 2.78. The largest absolute Gasteiger partial charge is 0.491 e. The van der Waals surface area contributed by atoms with Gasteiger partial charge in [0, 0.05) is 30.3 Å². The Morgan fingerprint density at radius 1 is 1.50 bits per heavy atom. The fourth-order valence-corrected chi connectivity index (χ4v) is 1.73. The van der Waals surface area contributed by atoms with Gasteiger partial charge in [-0.15, -0.1) is 0 Å². The normalized spacial score (nSPS) is 14.8. The predicted molar refractivity (Wildman–Crippen MR) is 68.7 cm³/mol. The molecule has 1 aliphatic carbocycles. The van der Waals surface area contributed by atoms with Gasteiger partial charge < -0.3 is 10.1 Å². The van der Waals surface area contributed by atoms with E-state index in [4.69, 9.17) is 4.74 Å². The summed E-state index contributed by atoms with van der Waals surface area (Å²) in [6.07, 6.45) is 2.44. The molecule has 98 valence electrons. The van der Waals surface area contributed by atoms with Gasteiger partial charge in [-0.05, 0) is 32.8 Å². The monoisotopic (exact) mass is 250 g/mol. The Labute approximate surface area is 106 Å². The molecule has 0 saturated heterocycles. The third kappa shape index (κ3) is 3.43. The van der Waals surface area contributed by atoms with Crippen LogP contribution in [0.2, 0.25) is 0 Å². The molecule has 1 aliphatic rings. The number of benzene rings is 1. The van der Waals surface area contributed by atoms with Gasteiger partial charge in [0.15, 0.2) is 0 Å². The lowest BCUT2D eigenvalue weighted by Gasteiger charge is -2.14. The number of nitro benzene ring substituents is 1. The zero-order chi connectivity index (χ0) is 13.1. The van der Waals surface area contributed by atoms with Crippen molar-refractivity contribution >= 4 is 5.69 Å². The van der Waals surface area contributed by atoms with Crippen LogP contribution in [-0.2, 0) is 6.54 Å². The van der Waals surface area contributed by atoms with E-state index in [0.717, 1.165) is 11.3 Å². The number of nitro groups is 1. The molecule has 0 radical (unpaired) electrons. The van der Waals surface area contributed by atoms with Gasteiger partial charge in [-0.2, -0.15) is 0 Å². The zero-order valence-corrected chi connectivity index (χ0v) is 10.7. The third-order valence-electron chi connectivity index (χ3n) is 2.78. The van der Waals surface area contributed by atoms with Crippen molar-refractivity contribution in [2.24, 2.45) is 0 Å². The van der Waals surface area contributed by atoms with Crippen molar-refractivity contribution in [2.75, 3.05) is 0 Å². The Bertz CT molecular complexity index is 442. The van der Waals surface area contributed by atoms with Crippen LogP contribution in [0.25, 0.3) is 0 Å². The molecule has 0 atom stereocenters. The summed E-state index contributed by atoms with van der Waals surface area (Å²) in [5, 5.41) is 14.1. The first kappa shape index (κ1) is 12.8. The predicted octanol–water partition coefficient (Wildman–Crippen LogP) is 2.63. The molecule has 0 heterocycles. The fourth-order valence-electron chi connectivity index (χ4n) is 1.73. The minimum Gasteiger partial charge on any atom is -0.491 e. The van der Waals surface area contributed by atoms with Gasteiger partial charge in [0.05, 0.1) is 11.0 Å². The molecular weight excluding hydrogens is 232 g/mol. The van der Waals surface area contributed by atoms with Crippen LogP contribution in [-0.4, -0.2) is 17.1 Å². The summed E-state index contributed by atoms with van der Waals surface area (Å²) in [6, 6.07) is 5.32. The smallest absolute Gasteiger partial charge is 0.270 e. The van der Waals surface area contributed by atoms with E-state index in [-0.39, 0.29) is 16.7 Å². The van der Waals surface area contributed by atoms with E-state index < -0.39 is 0 Å². The van der Waals surface area contributed by atoms with Crippen LogP contribution in [0.4, 0.5) is 5.69 Å². The highest BCUT2D eigenvalue weighted by molar-refractivity contribution is 5.44. The highest BCUT2D eigenvalue weighted by Crippen LogP contribution is 2.27. The minimum atomic E-state index is -0.375. The number of non-ortho nitro benzene ring substituents is 1. The molecular formula is C13H18N2O3. The number of rotatable bonds is 6. The van der Waals surface area contributed by atoms with Crippen LogP contribution < -0.4 is 10.1 Å². The average molecular weight is 250 g/mol. The summed E-state index contributed by atoms with van der Waals surface area (Å²) in [4.78, 5) is 10.4. The fraction of sp³-hybridized carbons (Fsp3) is 0.538. The van der Waals surface area contributed by atoms with Crippen LogP contribution >= 0.6 is 0 Å². The maximum absolute atomic E-state index is 10.8. The molecule has 5 nitrogen and oxygen atoms in total. The minimum absolute atomic E-state index is 0.0612. The second-order valence-corrected chi connectivity index (χ2v) is 4.87. The zero-order valence-electron chi connectivity index (χ0n) is 10.7. The average Bonchev–Trinajstić information content (AvgIpc) is 3.10. The molecule has 1 fully saturated rings. The summed E-state index contributed by atoms with van der Waals surface area (Å²) in [6.45, 7) is 4.51. The van der Waals surface area contributed by atoms with E-state index in [1.54, 1.807) is 12.1 Å². The molecule has 1 aromatic rings. The van der Waals surface area contributed by atoms with E-state index in [2.05, 4.69) is 5.32 Å². The van der Waals surface area contributed by atoms with Gasteiger partial charge in [0.2, 0.25) is 0 Å². The van der Waals surface area contributed by atoms with Gasteiger partial charge >= 0.3 is 0 Å². The SMILES string of the molecule is CC(C)Oc1ccc([N+](=O)[O-])cc1CNC1CC1. The first-order valence-electron chi connectivity index (χ1n) is 6.23. The highest BCUT2D eigenvalue weighted by atomic mass is 16.6. The van der Waals surface area contributed by atoms with Crippen molar-refractivity contribution in [3.63, 3.8) is 0 Å². The summed E-state index contributed by atoms with van der Waals surface area (Å²) < 4.78 is 5.67. The summed E-state index contributed by atoms with van der Waals surface area (Å²) in [7, 11) is 0. The highest BCUT2D eigenvalue weighted by Gasteiger charge is 2.21. The van der Waals surface area contributed by atoms with E-state index in [1.165, 1.54) is 18.9 Å². The maximum atomic E-state index is 10.8. The number of nitrogens with one attached hydrogen (secondary N) is 1. The first-order chi connectivity index (χ1) is 8.56. The van der Waals surface area contributed by atoms with Gasteiger partial charge in [-0.1, -0.05) is 0 Å². The number of nitrogens with zero attached hydrogens (tertiary/aromatic N) is 1. The topological polar surface area (TPSA) is 64.4 Å². The Hall–Kier alpha value is -1.62. The molecule has 2 rings (SSSR count). The van der Waals surface area contributed by atoms with Crippen molar-refractivity contribution < 1.29 is 9.66 Å². The Balaban J connectivity index is 2.17. The van der Waals surface area contributed by atoms with E-state index >= 15 is 0 Å². The molecule has 0 unspecified atom stereocenters. The lowest BCUT2D eigenvalue weighted by Crippen LogP contribution is -2.17. The second kappa shape index (κ2) is 5.35. The maximum Gasteiger partial charge on any atom is 0.270 e. The van der Waals surface area contributed by atoms with Gasteiger partial charge in [0.25, 0.3) is 5.69 Å². The Kier molecular flexibility index (Phi) is 3.81. The quantitative estimate of drug-likeness (QED) is 0.622. The molecule has 18 heavy (non-hydrogen) atoms. The summed E-state index contributed by atoms with van der Waals surface area (Å²) in [5.74, 6) is 0.726. The Morgan fingerprint density at radius 3 is 2.78 bits per heavy atom. The summed E-state index contributed by atoms with van der Waals surface area (Å²) in [5.41, 5.74) is 0.962. The number of hydrogen-bond acceptors (Lipinski definition) is 4. The van der Waals surface area contributed by atoms with Crippen LogP contribution in [0.1, 0.15) is 32.3 Å². The molecule has 0 bridgehead atoms. The number of ether oxygens (including phenoxy) is 1. The van der Waals surface area contributed by atoms with Crippen molar-refractivity contribution in [1.82, 2.24) is 5.32 Å². The van der Waals surface area contributed by atoms with Gasteiger partial charge in [-0.3, -0.25) is 10.1 Å². The standard InChI is InChI=1S/C13H18N2O3/c1-9(2)18-13-6-5-12(15(16)17)7-10(13)8-14-11-3-4-11/h5-7,9,11,14H,3-4,8H2,1-2H3. The van der Waals surface area contributed by atoms with Crippen molar-refractivity contribution in [3.05, 3.63) is 33.9 Å².